The summed E-state index contributed by atoms with van der Waals surface area (Å²) < 4.78 is 29.9. The molecule has 1 aromatic carbocycles. The summed E-state index contributed by atoms with van der Waals surface area (Å²) in [5.74, 6) is -1.71. The number of carboxylic acid groups (broad SMARTS) is 1. The number of nitrogens with two attached hydrogens (primary N) is 1. The molecule has 0 radical (unpaired) electrons. The molecule has 39 heavy (non-hydrogen) atoms. The molecule has 3 heterocycles. The Bertz CT molecular complexity index is 1350. The lowest BCUT2D eigenvalue weighted by molar-refractivity contribution is -0.136. The van der Waals surface area contributed by atoms with E-state index in [0.29, 0.717) is 35.5 Å². The molecule has 1 aromatic heterocycles. The Morgan fingerprint density at radius 1 is 1.38 bits per heavy atom. The SMILES string of the molecule is COc1c(C)c2c(c(O)c1C/C=C(\C)CCC(=O)O)C(=O)OC2.Nc1nc(=O)n([C@H]2CS[C@@H](CO)O2)cc1F. The summed E-state index contributed by atoms with van der Waals surface area (Å²) in [7, 11) is 1.51. The summed E-state index contributed by atoms with van der Waals surface area (Å²) in [6.07, 6.45) is 3.03. The van der Waals surface area contributed by atoms with Crippen molar-refractivity contribution in [2.75, 3.05) is 25.2 Å². The first-order valence-corrected chi connectivity index (χ1v) is 12.9. The van der Waals surface area contributed by atoms with Crippen molar-refractivity contribution in [2.45, 2.75) is 51.4 Å². The number of fused-ring (bicyclic) bond motifs is 1. The van der Waals surface area contributed by atoms with Crippen molar-refractivity contribution in [3.63, 3.8) is 0 Å². The zero-order valence-electron chi connectivity index (χ0n) is 21.6. The van der Waals surface area contributed by atoms with Gasteiger partial charge in [0.1, 0.15) is 35.3 Å². The highest BCUT2D eigenvalue weighted by Crippen LogP contribution is 2.42. The zero-order valence-corrected chi connectivity index (χ0v) is 22.4. The number of benzene rings is 1. The monoisotopic (exact) mass is 567 g/mol. The number of aliphatic carboxylic acids is 1. The van der Waals surface area contributed by atoms with Gasteiger partial charge >= 0.3 is 17.6 Å². The second-order valence-electron chi connectivity index (χ2n) is 8.76. The predicted molar refractivity (Wildman–Crippen MR) is 139 cm³/mol. The number of thioether (sulfide) groups is 1. The fourth-order valence-electron chi connectivity index (χ4n) is 4.06. The van der Waals surface area contributed by atoms with Crippen molar-refractivity contribution >= 4 is 29.5 Å². The molecule has 12 nitrogen and oxygen atoms in total. The quantitative estimate of drug-likeness (QED) is 0.270. The molecule has 0 spiro atoms. The van der Waals surface area contributed by atoms with Gasteiger partial charge in [0.25, 0.3) is 0 Å². The van der Waals surface area contributed by atoms with Crippen LogP contribution in [-0.2, 0) is 27.3 Å². The van der Waals surface area contributed by atoms with E-state index in [9.17, 15) is 23.9 Å². The van der Waals surface area contributed by atoms with Crippen LogP contribution in [0.5, 0.6) is 11.5 Å². The molecular formula is C25H30FN3O9S. The number of carbonyl (C=O) groups is 2. The van der Waals surface area contributed by atoms with Crippen LogP contribution in [0.15, 0.2) is 22.6 Å². The lowest BCUT2D eigenvalue weighted by Crippen LogP contribution is -2.29. The number of aromatic hydroxyl groups is 1. The van der Waals surface area contributed by atoms with Crippen LogP contribution in [0.25, 0.3) is 0 Å². The van der Waals surface area contributed by atoms with E-state index in [1.165, 1.54) is 18.9 Å². The van der Waals surface area contributed by atoms with Gasteiger partial charge < -0.3 is 35.3 Å². The van der Waals surface area contributed by atoms with Crippen molar-refractivity contribution in [1.29, 1.82) is 0 Å². The number of hydrogen-bond donors (Lipinski definition) is 4. The van der Waals surface area contributed by atoms with Crippen LogP contribution in [0.3, 0.4) is 0 Å². The zero-order chi connectivity index (χ0) is 28.9. The minimum atomic E-state index is -0.853. The Morgan fingerprint density at radius 3 is 2.72 bits per heavy atom. The van der Waals surface area contributed by atoms with Crippen LogP contribution in [0.4, 0.5) is 10.2 Å². The molecule has 0 bridgehead atoms. The summed E-state index contributed by atoms with van der Waals surface area (Å²) in [6, 6.07) is 0. The van der Waals surface area contributed by atoms with Gasteiger partial charge in [-0.25, -0.2) is 14.0 Å². The Hall–Kier alpha value is -3.62. The molecule has 2 aromatic rings. The number of carbonyl (C=O) groups excluding carboxylic acids is 1. The number of cyclic esters (lactones) is 1. The van der Waals surface area contributed by atoms with E-state index in [2.05, 4.69) is 4.98 Å². The number of esters is 1. The van der Waals surface area contributed by atoms with Gasteiger partial charge in [-0.15, -0.1) is 11.8 Å². The second-order valence-corrected chi connectivity index (χ2v) is 9.96. The van der Waals surface area contributed by atoms with Gasteiger partial charge in [-0.05, 0) is 32.3 Å². The minimum Gasteiger partial charge on any atom is -0.507 e. The number of methoxy groups -OCH3 is 1. The van der Waals surface area contributed by atoms with Gasteiger partial charge in [0.15, 0.2) is 11.6 Å². The normalized spacial score (nSPS) is 18.3. The van der Waals surface area contributed by atoms with Crippen molar-refractivity contribution < 1.29 is 43.5 Å². The number of hydrogen-bond acceptors (Lipinski definition) is 11. The molecule has 0 unspecified atom stereocenters. The van der Waals surface area contributed by atoms with Gasteiger partial charge in [0.05, 0.1) is 19.9 Å². The smallest absolute Gasteiger partial charge is 0.351 e. The van der Waals surface area contributed by atoms with E-state index in [4.69, 9.17) is 30.2 Å². The molecule has 2 aliphatic rings. The number of carboxylic acids is 1. The van der Waals surface area contributed by atoms with E-state index >= 15 is 0 Å². The third-order valence-corrected chi connectivity index (χ3v) is 7.27. The van der Waals surface area contributed by atoms with E-state index in [1.807, 2.05) is 19.9 Å². The lowest BCUT2D eigenvalue weighted by atomic mass is 9.94. The molecule has 1 saturated heterocycles. The van der Waals surface area contributed by atoms with Crippen molar-refractivity contribution in [1.82, 2.24) is 9.55 Å². The molecule has 2 aliphatic heterocycles. The standard InChI is InChI=1S/C17H20O6.C8H10FN3O3S/c1-9(5-7-13(18)19)4-6-11-15(20)14-12(8-23-17(14)21)10(2)16(11)22-3;9-4-1-12(8(14)11-7(4)10)5-3-16-6(2-13)15-5/h4,20H,5-8H2,1-3H3,(H,18,19);1,5-6,13H,2-3H2,(H2,10,11,14)/b9-4+;/t;5-,6+/m.1/s1. The number of halogens is 1. The Kier molecular flexibility index (Phi) is 9.94. The summed E-state index contributed by atoms with van der Waals surface area (Å²) in [4.78, 5) is 37.2. The van der Waals surface area contributed by atoms with Crippen molar-refractivity contribution in [3.05, 3.63) is 56.4 Å². The maximum Gasteiger partial charge on any atom is 0.351 e. The molecule has 1 fully saturated rings. The van der Waals surface area contributed by atoms with Gasteiger partial charge in [0.2, 0.25) is 0 Å². The summed E-state index contributed by atoms with van der Waals surface area (Å²) >= 11 is 1.35. The number of aromatic nitrogens is 2. The van der Waals surface area contributed by atoms with Crippen LogP contribution in [0.2, 0.25) is 0 Å². The summed E-state index contributed by atoms with van der Waals surface area (Å²) in [5.41, 5.74) is 7.14. The average Bonchev–Trinajstić information content (AvgIpc) is 3.53. The number of aliphatic hydroxyl groups is 1. The highest BCUT2D eigenvalue weighted by molar-refractivity contribution is 8.00. The lowest BCUT2D eigenvalue weighted by Gasteiger charge is -2.15. The number of nitrogens with zero attached hydrogens (tertiary/aromatic N) is 2. The molecule has 4 rings (SSSR count). The number of anilines is 1. The second kappa shape index (κ2) is 13.0. The molecule has 0 amide bonds. The largest absolute Gasteiger partial charge is 0.507 e. The fraction of sp³-hybridized carbons (Fsp3) is 0.440. The van der Waals surface area contributed by atoms with Crippen LogP contribution >= 0.6 is 11.8 Å². The van der Waals surface area contributed by atoms with Crippen LogP contribution in [-0.4, -0.2) is 61.7 Å². The number of ether oxygens (including phenoxy) is 3. The third kappa shape index (κ3) is 6.88. The van der Waals surface area contributed by atoms with E-state index < -0.39 is 40.9 Å². The Labute approximate surface area is 227 Å². The number of allylic oxidation sites excluding steroid dienone is 2. The first kappa shape index (κ1) is 29.9. The predicted octanol–water partition coefficient (Wildman–Crippen LogP) is 2.28. The van der Waals surface area contributed by atoms with E-state index in [0.717, 1.165) is 21.9 Å². The van der Waals surface area contributed by atoms with Crippen LogP contribution < -0.4 is 16.2 Å². The Morgan fingerprint density at radius 2 is 2.10 bits per heavy atom. The van der Waals surface area contributed by atoms with E-state index in [-0.39, 0.29) is 30.9 Å². The topological polar surface area (TPSA) is 183 Å². The molecule has 0 saturated carbocycles. The number of phenols is 1. The van der Waals surface area contributed by atoms with Gasteiger partial charge in [-0.1, -0.05) is 11.6 Å². The summed E-state index contributed by atoms with van der Waals surface area (Å²) in [5, 5.41) is 28.0. The molecular weight excluding hydrogens is 537 g/mol. The maximum atomic E-state index is 13.1. The van der Waals surface area contributed by atoms with Crippen molar-refractivity contribution in [3.8, 4) is 11.5 Å². The number of nitrogen functional groups attached to an aromatic ring is 1. The number of aliphatic hydroxyl groups excluding tert-OH is 1. The fourth-order valence-corrected chi connectivity index (χ4v) is 4.99. The van der Waals surface area contributed by atoms with Crippen LogP contribution in [0.1, 0.15) is 53.0 Å². The average molecular weight is 568 g/mol. The minimum absolute atomic E-state index is 0.0565. The molecule has 2 atom stereocenters. The Balaban J connectivity index is 0.000000230. The first-order valence-electron chi connectivity index (χ1n) is 11.9. The van der Waals surface area contributed by atoms with Crippen molar-refractivity contribution in [2.24, 2.45) is 0 Å². The third-order valence-electron chi connectivity index (χ3n) is 6.16. The first-order chi connectivity index (χ1) is 18.5. The van der Waals surface area contributed by atoms with Gasteiger partial charge in [-0.2, -0.15) is 4.98 Å². The number of phenolic OH excluding ortho intramolecular Hbond substituents is 1. The molecule has 0 aliphatic carbocycles. The molecule has 5 N–H and O–H groups in total. The van der Waals surface area contributed by atoms with E-state index in [1.54, 1.807) is 0 Å². The number of rotatable bonds is 8. The maximum absolute atomic E-state index is 13.1. The molecule has 14 heteroatoms. The highest BCUT2D eigenvalue weighted by atomic mass is 32.2. The van der Waals surface area contributed by atoms with Gasteiger partial charge in [0, 0.05) is 23.3 Å². The molecule has 212 valence electrons. The van der Waals surface area contributed by atoms with Crippen LogP contribution in [0, 0.1) is 12.7 Å². The highest BCUT2D eigenvalue weighted by Gasteiger charge is 2.32. The summed E-state index contributed by atoms with van der Waals surface area (Å²) in [6.45, 7) is 3.64. The van der Waals surface area contributed by atoms with Gasteiger partial charge in [-0.3, -0.25) is 9.36 Å².